The predicted octanol–water partition coefficient (Wildman–Crippen LogP) is 0.0570. The van der Waals surface area contributed by atoms with Gasteiger partial charge in [0.05, 0.1) is 0 Å². The number of aromatic nitrogens is 5. The van der Waals surface area contributed by atoms with E-state index in [0.29, 0.717) is 11.5 Å². The minimum Gasteiger partial charge on any atom is -0.362 e. The number of anilines is 1. The molecule has 0 saturated carbocycles. The minimum absolute atomic E-state index is 0.00105. The predicted molar refractivity (Wildman–Crippen MR) is 59.9 cm³/mol. The Labute approximate surface area is 93.0 Å². The zero-order valence-corrected chi connectivity index (χ0v) is 9.55. The van der Waals surface area contributed by atoms with Crippen molar-refractivity contribution < 1.29 is 0 Å². The molecule has 0 bridgehead atoms. The van der Waals surface area contributed by atoms with Crippen LogP contribution < -0.4 is 11.1 Å². The lowest BCUT2D eigenvalue weighted by atomic mass is 9.97. The lowest BCUT2D eigenvalue weighted by molar-refractivity contribution is 0.467. The smallest absolute Gasteiger partial charge is 0.200 e. The third kappa shape index (κ3) is 1.94. The number of nitrogens with one attached hydrogen (secondary N) is 1. The number of hydrogen-bond donors (Lipinski definition) is 2. The lowest BCUT2D eigenvalue weighted by Crippen LogP contribution is -2.47. The summed E-state index contributed by atoms with van der Waals surface area (Å²) >= 11 is 0. The second-order valence-electron chi connectivity index (χ2n) is 4.38. The topological polar surface area (TPSA) is 94.0 Å². The molecule has 86 valence electrons. The van der Waals surface area contributed by atoms with Crippen molar-refractivity contribution in [1.29, 1.82) is 0 Å². The van der Waals surface area contributed by atoms with Crippen molar-refractivity contribution in [3.8, 4) is 0 Å². The summed E-state index contributed by atoms with van der Waals surface area (Å²) in [4.78, 5) is 0. The van der Waals surface area contributed by atoms with Crippen LogP contribution in [0.3, 0.4) is 0 Å². The van der Waals surface area contributed by atoms with Gasteiger partial charge in [0, 0.05) is 11.6 Å². The van der Waals surface area contributed by atoms with Crippen LogP contribution in [-0.2, 0) is 0 Å². The molecule has 0 radical (unpaired) electrons. The SMILES string of the molecule is CC(N)C(C)(C)Nc1ccc2nnnn2n1. The maximum absolute atomic E-state index is 5.87. The Bertz CT molecular complexity index is 487. The van der Waals surface area contributed by atoms with Gasteiger partial charge in [-0.3, -0.25) is 0 Å². The zero-order valence-electron chi connectivity index (χ0n) is 9.55. The van der Waals surface area contributed by atoms with Crippen LogP contribution in [0.25, 0.3) is 5.65 Å². The Kier molecular flexibility index (Phi) is 2.47. The Hall–Kier alpha value is -1.76. The van der Waals surface area contributed by atoms with Crippen molar-refractivity contribution in [2.45, 2.75) is 32.4 Å². The maximum atomic E-state index is 5.87. The number of hydrogen-bond acceptors (Lipinski definition) is 6. The monoisotopic (exact) mass is 221 g/mol. The molecule has 2 aromatic rings. The molecule has 2 heterocycles. The van der Waals surface area contributed by atoms with Crippen molar-refractivity contribution in [2.24, 2.45) is 5.73 Å². The fraction of sp³-hybridized carbons (Fsp3) is 0.556. The van der Waals surface area contributed by atoms with Gasteiger partial charge in [0.1, 0.15) is 5.82 Å². The van der Waals surface area contributed by atoms with E-state index in [9.17, 15) is 0 Å². The number of tetrazole rings is 1. The van der Waals surface area contributed by atoms with Crippen LogP contribution >= 0.6 is 0 Å². The molecule has 0 aliphatic heterocycles. The van der Waals surface area contributed by atoms with Crippen LogP contribution in [0.15, 0.2) is 12.1 Å². The molecule has 2 aromatic heterocycles. The normalized spacial score (nSPS) is 14.0. The van der Waals surface area contributed by atoms with E-state index in [2.05, 4.69) is 25.9 Å². The molecule has 16 heavy (non-hydrogen) atoms. The molecule has 3 N–H and O–H groups in total. The van der Waals surface area contributed by atoms with E-state index in [1.807, 2.05) is 26.8 Å². The van der Waals surface area contributed by atoms with E-state index in [0.717, 1.165) is 0 Å². The van der Waals surface area contributed by atoms with Crippen molar-refractivity contribution >= 4 is 11.5 Å². The summed E-state index contributed by atoms with van der Waals surface area (Å²) in [5.74, 6) is 0.696. The van der Waals surface area contributed by atoms with Crippen molar-refractivity contribution in [2.75, 3.05) is 5.32 Å². The van der Waals surface area contributed by atoms with E-state index in [4.69, 9.17) is 5.73 Å². The highest BCUT2D eigenvalue weighted by molar-refractivity contribution is 5.43. The summed E-state index contributed by atoms with van der Waals surface area (Å²) in [6.45, 7) is 5.98. The van der Waals surface area contributed by atoms with Gasteiger partial charge in [0.15, 0.2) is 5.65 Å². The number of fused-ring (bicyclic) bond motifs is 1. The van der Waals surface area contributed by atoms with Gasteiger partial charge < -0.3 is 11.1 Å². The number of rotatable bonds is 3. The first-order chi connectivity index (χ1) is 7.49. The quantitative estimate of drug-likeness (QED) is 0.761. The van der Waals surface area contributed by atoms with E-state index in [1.165, 1.54) is 4.63 Å². The van der Waals surface area contributed by atoms with Crippen molar-refractivity contribution in [3.05, 3.63) is 12.1 Å². The fourth-order valence-electron chi connectivity index (χ4n) is 1.16. The van der Waals surface area contributed by atoms with Gasteiger partial charge in [-0.25, -0.2) is 0 Å². The summed E-state index contributed by atoms with van der Waals surface area (Å²) in [7, 11) is 0. The van der Waals surface area contributed by atoms with Gasteiger partial charge in [-0.05, 0) is 43.3 Å². The molecule has 0 fully saturated rings. The standard InChI is InChI=1S/C9H15N7/c1-6(10)9(2,3)11-7-4-5-8-12-14-15-16(8)13-7/h4-6H,10H2,1-3H3,(H,11,13). The average Bonchev–Trinajstić information content (AvgIpc) is 2.63. The molecule has 0 amide bonds. The molecule has 2 rings (SSSR count). The Balaban J connectivity index is 2.27. The molecule has 0 aliphatic rings. The van der Waals surface area contributed by atoms with Gasteiger partial charge in [-0.1, -0.05) is 0 Å². The van der Waals surface area contributed by atoms with Crippen LogP contribution in [0.4, 0.5) is 5.82 Å². The summed E-state index contributed by atoms with van der Waals surface area (Å²) in [5, 5.41) is 18.5. The number of nitrogens with zero attached hydrogens (tertiary/aromatic N) is 5. The average molecular weight is 221 g/mol. The van der Waals surface area contributed by atoms with E-state index in [-0.39, 0.29) is 11.6 Å². The first kappa shape index (κ1) is 10.7. The third-order valence-electron chi connectivity index (χ3n) is 2.66. The highest BCUT2D eigenvalue weighted by atomic mass is 15.6. The summed E-state index contributed by atoms with van der Waals surface area (Å²) in [6.07, 6.45) is 0. The van der Waals surface area contributed by atoms with Crippen LogP contribution in [-0.4, -0.2) is 36.8 Å². The van der Waals surface area contributed by atoms with Gasteiger partial charge in [0.25, 0.3) is 0 Å². The molecule has 0 saturated heterocycles. The lowest BCUT2D eigenvalue weighted by Gasteiger charge is -2.30. The fourth-order valence-corrected chi connectivity index (χ4v) is 1.16. The minimum atomic E-state index is -0.241. The van der Waals surface area contributed by atoms with Gasteiger partial charge in [0.2, 0.25) is 0 Å². The molecule has 7 heteroatoms. The first-order valence-corrected chi connectivity index (χ1v) is 5.08. The number of nitrogens with two attached hydrogens (primary N) is 1. The summed E-state index contributed by atoms with van der Waals surface area (Å²) < 4.78 is 1.37. The highest BCUT2D eigenvalue weighted by Crippen LogP contribution is 2.14. The largest absolute Gasteiger partial charge is 0.362 e. The Morgan fingerprint density at radius 3 is 2.88 bits per heavy atom. The molecule has 0 aromatic carbocycles. The van der Waals surface area contributed by atoms with E-state index < -0.39 is 0 Å². The molecule has 0 aliphatic carbocycles. The maximum Gasteiger partial charge on any atom is 0.200 e. The third-order valence-corrected chi connectivity index (χ3v) is 2.66. The van der Waals surface area contributed by atoms with E-state index in [1.54, 1.807) is 6.07 Å². The van der Waals surface area contributed by atoms with Gasteiger partial charge in [-0.15, -0.1) is 14.8 Å². The zero-order chi connectivity index (χ0) is 11.8. The molecular formula is C9H15N7. The van der Waals surface area contributed by atoms with Crippen molar-refractivity contribution in [3.63, 3.8) is 0 Å². The summed E-state index contributed by atoms with van der Waals surface area (Å²) in [5.41, 5.74) is 6.25. The highest BCUT2D eigenvalue weighted by Gasteiger charge is 2.23. The molecular weight excluding hydrogens is 206 g/mol. The molecule has 1 unspecified atom stereocenters. The molecule has 1 atom stereocenters. The second-order valence-corrected chi connectivity index (χ2v) is 4.38. The second kappa shape index (κ2) is 3.67. The van der Waals surface area contributed by atoms with Crippen LogP contribution in [0.2, 0.25) is 0 Å². The van der Waals surface area contributed by atoms with Gasteiger partial charge in [-0.2, -0.15) is 0 Å². The first-order valence-electron chi connectivity index (χ1n) is 5.08. The van der Waals surface area contributed by atoms with E-state index >= 15 is 0 Å². The Morgan fingerprint density at radius 2 is 2.19 bits per heavy atom. The van der Waals surface area contributed by atoms with Crippen LogP contribution in [0.1, 0.15) is 20.8 Å². The summed E-state index contributed by atoms with van der Waals surface area (Å²) in [6, 6.07) is 3.63. The molecule has 7 nitrogen and oxygen atoms in total. The van der Waals surface area contributed by atoms with Gasteiger partial charge >= 0.3 is 0 Å². The van der Waals surface area contributed by atoms with Crippen molar-refractivity contribution in [1.82, 2.24) is 25.3 Å². The van der Waals surface area contributed by atoms with Crippen LogP contribution in [0, 0.1) is 0 Å². The van der Waals surface area contributed by atoms with Crippen LogP contribution in [0.5, 0.6) is 0 Å². The molecule has 0 spiro atoms. The Morgan fingerprint density at radius 1 is 1.44 bits per heavy atom.